The van der Waals surface area contributed by atoms with Crippen molar-refractivity contribution in [3.8, 4) is 0 Å². The summed E-state index contributed by atoms with van der Waals surface area (Å²) in [5.74, 6) is -4.06. The molecule has 1 rings (SSSR count). The molecule has 0 bridgehead atoms. The second kappa shape index (κ2) is 5.01. The maximum atomic E-state index is 12.9. The summed E-state index contributed by atoms with van der Waals surface area (Å²) in [6.07, 6.45) is 0. The molecule has 1 aromatic rings. The summed E-state index contributed by atoms with van der Waals surface area (Å²) in [6, 6.07) is 1.66. The molecule has 2 nitrogen and oxygen atoms in total. The van der Waals surface area contributed by atoms with E-state index < -0.39 is 17.5 Å². The van der Waals surface area contributed by atoms with Crippen LogP contribution in [-0.2, 0) is 0 Å². The largest absolute Gasteiger partial charge is 0.357 e. The average molecular weight is 230 g/mol. The molecule has 1 N–H and O–H groups in total. The standard InChI is InChI=1S/C11H13F3N2/c1-3-16(4-2)11(15)7-5-8(12)10(14)9(13)6-7/h5-6,15H,3-4H2,1-2H3. The van der Waals surface area contributed by atoms with Crippen LogP contribution in [0.1, 0.15) is 19.4 Å². The molecule has 0 saturated carbocycles. The van der Waals surface area contributed by atoms with Crippen LogP contribution in [-0.4, -0.2) is 23.8 Å². The summed E-state index contributed by atoms with van der Waals surface area (Å²) in [6.45, 7) is 4.76. The normalized spacial score (nSPS) is 10.3. The van der Waals surface area contributed by atoms with Gasteiger partial charge >= 0.3 is 0 Å². The molecule has 1 aromatic carbocycles. The molecular weight excluding hydrogens is 217 g/mol. The van der Waals surface area contributed by atoms with E-state index in [4.69, 9.17) is 5.41 Å². The van der Waals surface area contributed by atoms with E-state index in [2.05, 4.69) is 0 Å². The first kappa shape index (κ1) is 12.5. The lowest BCUT2D eigenvalue weighted by Crippen LogP contribution is -2.30. The van der Waals surface area contributed by atoms with Crippen LogP contribution in [0.3, 0.4) is 0 Å². The van der Waals surface area contributed by atoms with Crippen LogP contribution in [0.25, 0.3) is 0 Å². The number of rotatable bonds is 3. The Hall–Kier alpha value is -1.52. The van der Waals surface area contributed by atoms with Crippen molar-refractivity contribution in [1.82, 2.24) is 4.90 Å². The fourth-order valence-corrected chi connectivity index (χ4v) is 1.41. The molecule has 0 fully saturated rings. The molecular formula is C11H13F3N2. The summed E-state index contributed by atoms with van der Waals surface area (Å²) >= 11 is 0. The Morgan fingerprint density at radius 2 is 1.56 bits per heavy atom. The molecule has 0 aliphatic heterocycles. The van der Waals surface area contributed by atoms with E-state index in [1.807, 2.05) is 13.8 Å². The van der Waals surface area contributed by atoms with E-state index >= 15 is 0 Å². The first-order valence-electron chi connectivity index (χ1n) is 4.99. The lowest BCUT2D eigenvalue weighted by atomic mass is 10.1. The van der Waals surface area contributed by atoms with Crippen LogP contribution in [0.2, 0.25) is 0 Å². The number of hydrogen-bond acceptors (Lipinski definition) is 1. The second-order valence-corrected chi connectivity index (χ2v) is 3.27. The lowest BCUT2D eigenvalue weighted by Gasteiger charge is -2.21. The Morgan fingerprint density at radius 1 is 1.12 bits per heavy atom. The van der Waals surface area contributed by atoms with Crippen molar-refractivity contribution < 1.29 is 13.2 Å². The molecule has 0 spiro atoms. The Balaban J connectivity index is 3.10. The number of nitrogens with one attached hydrogen (secondary N) is 1. The highest BCUT2D eigenvalue weighted by molar-refractivity contribution is 5.96. The first-order chi connectivity index (χ1) is 7.51. The maximum absolute atomic E-state index is 12.9. The smallest absolute Gasteiger partial charge is 0.194 e. The third-order valence-electron chi connectivity index (χ3n) is 2.34. The van der Waals surface area contributed by atoms with E-state index in [-0.39, 0.29) is 11.4 Å². The van der Waals surface area contributed by atoms with Gasteiger partial charge in [0.2, 0.25) is 0 Å². The van der Waals surface area contributed by atoms with Gasteiger partial charge < -0.3 is 4.90 Å². The fourth-order valence-electron chi connectivity index (χ4n) is 1.41. The summed E-state index contributed by atoms with van der Waals surface area (Å²) in [5.41, 5.74) is 0.0418. The van der Waals surface area contributed by atoms with Gasteiger partial charge in [0.15, 0.2) is 17.5 Å². The molecule has 0 aliphatic rings. The summed E-state index contributed by atoms with van der Waals surface area (Å²) in [7, 11) is 0. The van der Waals surface area contributed by atoms with Crippen LogP contribution in [0.15, 0.2) is 12.1 Å². The van der Waals surface area contributed by atoms with Crippen molar-refractivity contribution in [2.75, 3.05) is 13.1 Å². The molecule has 16 heavy (non-hydrogen) atoms. The Bertz CT molecular complexity index is 377. The molecule has 88 valence electrons. The van der Waals surface area contributed by atoms with Gasteiger partial charge in [-0.1, -0.05) is 0 Å². The van der Waals surface area contributed by atoms with E-state index in [1.54, 1.807) is 4.90 Å². The van der Waals surface area contributed by atoms with Crippen LogP contribution >= 0.6 is 0 Å². The molecule has 0 atom stereocenters. The minimum atomic E-state index is -1.50. The highest BCUT2D eigenvalue weighted by Crippen LogP contribution is 2.15. The van der Waals surface area contributed by atoms with E-state index in [1.165, 1.54) is 0 Å². The van der Waals surface area contributed by atoms with Crippen molar-refractivity contribution in [3.05, 3.63) is 35.1 Å². The predicted molar refractivity (Wildman–Crippen MR) is 56.1 cm³/mol. The van der Waals surface area contributed by atoms with E-state index in [0.717, 1.165) is 12.1 Å². The molecule has 0 heterocycles. The minimum absolute atomic E-state index is 0.0113. The van der Waals surface area contributed by atoms with Crippen molar-refractivity contribution >= 4 is 5.84 Å². The highest BCUT2D eigenvalue weighted by atomic mass is 19.2. The molecule has 0 unspecified atom stereocenters. The lowest BCUT2D eigenvalue weighted by molar-refractivity contribution is 0.442. The van der Waals surface area contributed by atoms with Crippen molar-refractivity contribution in [2.45, 2.75) is 13.8 Å². The quantitative estimate of drug-likeness (QED) is 0.482. The minimum Gasteiger partial charge on any atom is -0.357 e. The summed E-state index contributed by atoms with van der Waals surface area (Å²) < 4.78 is 38.6. The Labute approximate surface area is 92.2 Å². The van der Waals surface area contributed by atoms with E-state index in [9.17, 15) is 13.2 Å². The third kappa shape index (κ3) is 2.35. The van der Waals surface area contributed by atoms with Crippen LogP contribution in [0.4, 0.5) is 13.2 Å². The van der Waals surface area contributed by atoms with Gasteiger partial charge in [0, 0.05) is 18.7 Å². The Kier molecular flexibility index (Phi) is 3.93. The topological polar surface area (TPSA) is 27.1 Å². The Morgan fingerprint density at radius 3 is 1.94 bits per heavy atom. The van der Waals surface area contributed by atoms with Crippen molar-refractivity contribution in [1.29, 1.82) is 5.41 Å². The monoisotopic (exact) mass is 230 g/mol. The fraction of sp³-hybridized carbons (Fsp3) is 0.364. The van der Waals surface area contributed by atoms with Crippen LogP contribution in [0, 0.1) is 22.9 Å². The first-order valence-corrected chi connectivity index (χ1v) is 4.99. The van der Waals surface area contributed by atoms with Gasteiger partial charge in [-0.25, -0.2) is 13.2 Å². The van der Waals surface area contributed by atoms with Crippen LogP contribution < -0.4 is 0 Å². The molecule has 0 radical (unpaired) electrons. The zero-order valence-corrected chi connectivity index (χ0v) is 9.15. The van der Waals surface area contributed by atoms with Crippen molar-refractivity contribution in [2.24, 2.45) is 0 Å². The number of hydrogen-bond donors (Lipinski definition) is 1. The van der Waals surface area contributed by atoms with Gasteiger partial charge in [-0.05, 0) is 26.0 Å². The predicted octanol–water partition coefficient (Wildman–Crippen LogP) is 2.77. The van der Waals surface area contributed by atoms with Crippen molar-refractivity contribution in [3.63, 3.8) is 0 Å². The number of halogens is 3. The zero-order chi connectivity index (χ0) is 12.3. The summed E-state index contributed by atoms with van der Waals surface area (Å²) in [5, 5.41) is 7.72. The zero-order valence-electron chi connectivity index (χ0n) is 9.15. The van der Waals surface area contributed by atoms with Gasteiger partial charge in [0.25, 0.3) is 0 Å². The average Bonchev–Trinajstić information content (AvgIpc) is 2.26. The molecule has 0 aromatic heterocycles. The molecule has 5 heteroatoms. The molecule has 0 aliphatic carbocycles. The van der Waals surface area contributed by atoms with Gasteiger partial charge in [0.05, 0.1) is 0 Å². The number of benzene rings is 1. The summed E-state index contributed by atoms with van der Waals surface area (Å²) in [4.78, 5) is 1.62. The highest BCUT2D eigenvalue weighted by Gasteiger charge is 2.15. The number of amidine groups is 1. The maximum Gasteiger partial charge on any atom is 0.194 e. The van der Waals surface area contributed by atoms with Crippen LogP contribution in [0.5, 0.6) is 0 Å². The van der Waals surface area contributed by atoms with Gasteiger partial charge in [-0.15, -0.1) is 0 Å². The van der Waals surface area contributed by atoms with Gasteiger partial charge in [-0.3, -0.25) is 5.41 Å². The van der Waals surface area contributed by atoms with Gasteiger partial charge in [0.1, 0.15) is 5.84 Å². The second-order valence-electron chi connectivity index (χ2n) is 3.27. The number of nitrogens with zero attached hydrogens (tertiary/aromatic N) is 1. The molecule has 0 amide bonds. The SMILES string of the molecule is CCN(CC)C(=N)c1cc(F)c(F)c(F)c1. The van der Waals surface area contributed by atoms with Gasteiger partial charge in [-0.2, -0.15) is 0 Å². The molecule has 0 saturated heterocycles. The van der Waals surface area contributed by atoms with E-state index in [0.29, 0.717) is 13.1 Å². The third-order valence-corrected chi connectivity index (χ3v) is 2.34.